The van der Waals surface area contributed by atoms with Crippen LogP contribution in [0.15, 0.2) is 21.9 Å². The van der Waals surface area contributed by atoms with Crippen LogP contribution >= 0.6 is 11.3 Å². The van der Waals surface area contributed by atoms with Gasteiger partial charge in [-0.05, 0) is 26.0 Å². The van der Waals surface area contributed by atoms with E-state index in [1.165, 1.54) is 0 Å². The molecular formula is C11H11F3N2OS. The average molecular weight is 276 g/mol. The van der Waals surface area contributed by atoms with Crippen LogP contribution in [-0.2, 0) is 6.18 Å². The molecule has 0 saturated carbocycles. The highest BCUT2D eigenvalue weighted by molar-refractivity contribution is 7.13. The van der Waals surface area contributed by atoms with Crippen LogP contribution < -0.4 is 5.32 Å². The largest absolute Gasteiger partial charge is 0.464 e. The smallest absolute Gasteiger partial charge is 0.434 e. The zero-order chi connectivity index (χ0) is 13.3. The molecular weight excluding hydrogens is 265 g/mol. The van der Waals surface area contributed by atoms with E-state index in [9.17, 15) is 13.2 Å². The first kappa shape index (κ1) is 12.9. The molecule has 0 bridgehead atoms. The summed E-state index contributed by atoms with van der Waals surface area (Å²) in [6.45, 7) is 3.61. The van der Waals surface area contributed by atoms with Gasteiger partial charge in [0.15, 0.2) is 10.8 Å². The van der Waals surface area contributed by atoms with Crippen molar-refractivity contribution < 1.29 is 17.6 Å². The standard InChI is InChI=1S/C11H11F3N2OS/c1-6-3-4-8(17-6)7(2)15-10-16-9(5-18-10)11(12,13)14/h3-5,7H,1-2H3,(H,15,16). The molecule has 0 aliphatic carbocycles. The maximum absolute atomic E-state index is 12.4. The van der Waals surface area contributed by atoms with Gasteiger partial charge < -0.3 is 9.73 Å². The summed E-state index contributed by atoms with van der Waals surface area (Å²) in [6.07, 6.45) is -4.40. The van der Waals surface area contributed by atoms with Gasteiger partial charge in [-0.2, -0.15) is 13.2 Å². The van der Waals surface area contributed by atoms with Crippen LogP contribution in [0.25, 0.3) is 0 Å². The number of halogens is 3. The summed E-state index contributed by atoms with van der Waals surface area (Å²) < 4.78 is 42.5. The zero-order valence-electron chi connectivity index (χ0n) is 9.71. The summed E-state index contributed by atoms with van der Waals surface area (Å²) in [7, 11) is 0. The second kappa shape index (κ2) is 4.64. The van der Waals surface area contributed by atoms with Crippen molar-refractivity contribution in [1.29, 1.82) is 0 Å². The van der Waals surface area contributed by atoms with Crippen LogP contribution in [-0.4, -0.2) is 4.98 Å². The summed E-state index contributed by atoms with van der Waals surface area (Å²) in [4.78, 5) is 3.49. The molecule has 0 aliphatic heterocycles. The Kier molecular flexibility index (Phi) is 3.34. The van der Waals surface area contributed by atoms with E-state index in [1.54, 1.807) is 26.0 Å². The number of thiazole rings is 1. The van der Waals surface area contributed by atoms with Crippen molar-refractivity contribution in [3.8, 4) is 0 Å². The summed E-state index contributed by atoms with van der Waals surface area (Å²) in [5.41, 5.74) is -0.877. The van der Waals surface area contributed by atoms with Gasteiger partial charge >= 0.3 is 6.18 Å². The molecule has 0 spiro atoms. The molecule has 0 saturated heterocycles. The average Bonchev–Trinajstić information content (AvgIpc) is 2.85. The van der Waals surface area contributed by atoms with E-state index in [-0.39, 0.29) is 11.2 Å². The molecule has 3 nitrogen and oxygen atoms in total. The van der Waals surface area contributed by atoms with E-state index in [2.05, 4.69) is 10.3 Å². The maximum Gasteiger partial charge on any atom is 0.434 e. The van der Waals surface area contributed by atoms with Crippen LogP contribution in [0.4, 0.5) is 18.3 Å². The van der Waals surface area contributed by atoms with Gasteiger partial charge in [0.1, 0.15) is 11.5 Å². The van der Waals surface area contributed by atoms with Gasteiger partial charge in [-0.15, -0.1) is 11.3 Å². The summed E-state index contributed by atoms with van der Waals surface area (Å²) >= 11 is 0.922. The molecule has 2 aromatic rings. The van der Waals surface area contributed by atoms with Crippen molar-refractivity contribution in [3.05, 3.63) is 34.7 Å². The third kappa shape index (κ3) is 2.84. The van der Waals surface area contributed by atoms with E-state index in [1.807, 2.05) is 0 Å². The fraction of sp³-hybridized carbons (Fsp3) is 0.364. The van der Waals surface area contributed by atoms with Crippen molar-refractivity contribution in [2.75, 3.05) is 5.32 Å². The van der Waals surface area contributed by atoms with E-state index >= 15 is 0 Å². The number of aromatic nitrogens is 1. The number of furan rings is 1. The fourth-order valence-corrected chi connectivity index (χ4v) is 2.22. The Hall–Kier alpha value is -1.50. The molecule has 0 aromatic carbocycles. The second-order valence-corrected chi connectivity index (χ2v) is 4.71. The van der Waals surface area contributed by atoms with E-state index in [0.717, 1.165) is 22.5 Å². The topological polar surface area (TPSA) is 38.1 Å². The lowest BCUT2D eigenvalue weighted by atomic mass is 10.2. The third-order valence-electron chi connectivity index (χ3n) is 2.32. The number of hydrogen-bond donors (Lipinski definition) is 1. The number of nitrogens with zero attached hydrogens (tertiary/aromatic N) is 1. The molecule has 1 N–H and O–H groups in total. The molecule has 1 atom stereocenters. The number of anilines is 1. The monoisotopic (exact) mass is 276 g/mol. The minimum Gasteiger partial charge on any atom is -0.464 e. The lowest BCUT2D eigenvalue weighted by Gasteiger charge is -2.09. The minimum atomic E-state index is -4.40. The summed E-state index contributed by atoms with van der Waals surface area (Å²) in [5, 5.41) is 4.09. The number of rotatable bonds is 3. The Morgan fingerprint density at radius 2 is 2.11 bits per heavy atom. The molecule has 2 heterocycles. The van der Waals surface area contributed by atoms with E-state index < -0.39 is 11.9 Å². The van der Waals surface area contributed by atoms with Crippen molar-refractivity contribution in [2.24, 2.45) is 0 Å². The SMILES string of the molecule is Cc1ccc(C(C)Nc2nc(C(F)(F)F)cs2)o1. The third-order valence-corrected chi connectivity index (χ3v) is 3.10. The molecule has 0 fully saturated rings. The highest BCUT2D eigenvalue weighted by atomic mass is 32.1. The van der Waals surface area contributed by atoms with E-state index in [4.69, 9.17) is 4.42 Å². The highest BCUT2D eigenvalue weighted by Crippen LogP contribution is 2.32. The number of hydrogen-bond acceptors (Lipinski definition) is 4. The van der Waals surface area contributed by atoms with Gasteiger partial charge in [0.25, 0.3) is 0 Å². The number of nitrogens with one attached hydrogen (secondary N) is 1. The molecule has 2 aromatic heterocycles. The van der Waals surface area contributed by atoms with Crippen LogP contribution in [0.5, 0.6) is 0 Å². The normalized spacial score (nSPS) is 13.6. The summed E-state index contributed by atoms with van der Waals surface area (Å²) in [5.74, 6) is 1.42. The zero-order valence-corrected chi connectivity index (χ0v) is 10.5. The van der Waals surface area contributed by atoms with Gasteiger partial charge in [-0.3, -0.25) is 0 Å². The van der Waals surface area contributed by atoms with Crippen molar-refractivity contribution in [3.63, 3.8) is 0 Å². The molecule has 1 unspecified atom stereocenters. The van der Waals surface area contributed by atoms with E-state index in [0.29, 0.717) is 5.76 Å². The second-order valence-electron chi connectivity index (χ2n) is 3.85. The number of alkyl halides is 3. The van der Waals surface area contributed by atoms with Gasteiger partial charge in [0.2, 0.25) is 0 Å². The molecule has 98 valence electrons. The van der Waals surface area contributed by atoms with Crippen LogP contribution in [0.1, 0.15) is 30.2 Å². The predicted octanol–water partition coefficient (Wildman–Crippen LogP) is 4.24. The predicted molar refractivity (Wildman–Crippen MR) is 62.6 cm³/mol. The Balaban J connectivity index is 2.08. The quantitative estimate of drug-likeness (QED) is 0.911. The molecule has 0 amide bonds. The first-order valence-corrected chi connectivity index (χ1v) is 6.10. The molecule has 0 radical (unpaired) electrons. The van der Waals surface area contributed by atoms with Gasteiger partial charge in [0, 0.05) is 5.38 Å². The molecule has 2 rings (SSSR count). The molecule has 7 heteroatoms. The molecule has 18 heavy (non-hydrogen) atoms. The fourth-order valence-electron chi connectivity index (χ4n) is 1.41. The Labute approximate surface area is 106 Å². The van der Waals surface area contributed by atoms with Crippen molar-refractivity contribution >= 4 is 16.5 Å². The lowest BCUT2D eigenvalue weighted by Crippen LogP contribution is -2.08. The van der Waals surface area contributed by atoms with Crippen molar-refractivity contribution in [2.45, 2.75) is 26.1 Å². The summed E-state index contributed by atoms with van der Waals surface area (Å²) in [6, 6.07) is 3.35. The number of aryl methyl sites for hydroxylation is 1. The van der Waals surface area contributed by atoms with Gasteiger partial charge in [-0.1, -0.05) is 0 Å². The van der Waals surface area contributed by atoms with Crippen LogP contribution in [0.2, 0.25) is 0 Å². The Morgan fingerprint density at radius 1 is 1.39 bits per heavy atom. The van der Waals surface area contributed by atoms with Crippen molar-refractivity contribution in [1.82, 2.24) is 4.98 Å². The van der Waals surface area contributed by atoms with Crippen LogP contribution in [0.3, 0.4) is 0 Å². The Bertz CT molecular complexity index is 532. The van der Waals surface area contributed by atoms with Gasteiger partial charge in [-0.25, -0.2) is 4.98 Å². The Morgan fingerprint density at radius 3 is 2.61 bits per heavy atom. The minimum absolute atomic E-state index is 0.226. The molecule has 0 aliphatic rings. The maximum atomic E-state index is 12.4. The van der Waals surface area contributed by atoms with Gasteiger partial charge in [0.05, 0.1) is 6.04 Å². The van der Waals surface area contributed by atoms with Crippen LogP contribution in [0, 0.1) is 6.92 Å². The first-order valence-electron chi connectivity index (χ1n) is 5.22. The lowest BCUT2D eigenvalue weighted by molar-refractivity contribution is -0.140. The first-order chi connectivity index (χ1) is 8.36. The highest BCUT2D eigenvalue weighted by Gasteiger charge is 2.33.